The van der Waals surface area contributed by atoms with Crippen LogP contribution in [0, 0.1) is 0 Å². The van der Waals surface area contributed by atoms with Crippen molar-refractivity contribution in [1.29, 1.82) is 0 Å². The number of carbonyl (C=O) groups is 2. The highest BCUT2D eigenvalue weighted by atomic mass is 16.6. The Labute approximate surface area is 229 Å². The molecular weight excluding hydrogens is 476 g/mol. The normalized spacial score (nSPS) is 13.6. The van der Waals surface area contributed by atoms with Gasteiger partial charge in [0.2, 0.25) is 0 Å². The first-order chi connectivity index (χ1) is 17.8. The van der Waals surface area contributed by atoms with Gasteiger partial charge >= 0.3 is 12.2 Å². The molecule has 0 bridgehead atoms. The van der Waals surface area contributed by atoms with Crippen molar-refractivity contribution in [2.24, 2.45) is 0 Å². The molecule has 0 aliphatic rings. The van der Waals surface area contributed by atoms with Crippen LogP contribution >= 0.6 is 0 Å². The fraction of sp³-hybridized carbons (Fsp3) is 0.500. The smallest absolute Gasteiger partial charge is 0.411 e. The summed E-state index contributed by atoms with van der Waals surface area (Å²) in [6.45, 7) is 13.7. The molecule has 0 spiro atoms. The lowest BCUT2D eigenvalue weighted by molar-refractivity contribution is 0.0167. The summed E-state index contributed by atoms with van der Waals surface area (Å²) in [7, 11) is 1.76. The van der Waals surface area contributed by atoms with E-state index in [1.807, 2.05) is 102 Å². The quantitative estimate of drug-likeness (QED) is 0.301. The number of hydrogen-bond acceptors (Lipinski definition) is 4. The third-order valence-corrected chi connectivity index (χ3v) is 5.83. The number of rotatable bonds is 10. The van der Waals surface area contributed by atoms with E-state index in [1.165, 1.54) is 0 Å². The molecule has 2 aromatic rings. The van der Waals surface area contributed by atoms with E-state index in [-0.39, 0.29) is 24.3 Å². The van der Waals surface area contributed by atoms with Crippen molar-refractivity contribution in [2.45, 2.75) is 97.6 Å². The van der Waals surface area contributed by atoms with E-state index < -0.39 is 11.2 Å². The third kappa shape index (κ3) is 11.0. The molecular formula is C32H46N2O4. The summed E-state index contributed by atoms with van der Waals surface area (Å²) in [5, 5.41) is 0. The first-order valence-electron chi connectivity index (χ1n) is 13.5. The van der Waals surface area contributed by atoms with E-state index in [4.69, 9.17) is 9.47 Å². The zero-order chi connectivity index (χ0) is 28.3. The summed E-state index contributed by atoms with van der Waals surface area (Å²) >= 11 is 0. The maximum absolute atomic E-state index is 13.4. The van der Waals surface area contributed by atoms with Gasteiger partial charge in [0.25, 0.3) is 0 Å². The highest BCUT2D eigenvalue weighted by Crippen LogP contribution is 2.21. The number of benzene rings is 2. The molecule has 0 N–H and O–H groups in total. The number of amides is 2. The van der Waals surface area contributed by atoms with Crippen LogP contribution in [-0.2, 0) is 22.4 Å². The lowest BCUT2D eigenvalue weighted by Gasteiger charge is -2.33. The van der Waals surface area contributed by atoms with Gasteiger partial charge in [-0.1, -0.05) is 86.2 Å². The minimum Gasteiger partial charge on any atom is -0.444 e. The first kappa shape index (κ1) is 30.9. The molecule has 2 amide bonds. The fourth-order valence-electron chi connectivity index (χ4n) is 3.99. The van der Waals surface area contributed by atoms with Gasteiger partial charge in [0.05, 0.1) is 12.1 Å². The molecule has 0 saturated carbocycles. The van der Waals surface area contributed by atoms with Gasteiger partial charge in [-0.25, -0.2) is 9.59 Å². The van der Waals surface area contributed by atoms with Crippen molar-refractivity contribution in [3.8, 4) is 0 Å². The minimum absolute atomic E-state index is 0.208. The molecule has 0 unspecified atom stereocenters. The van der Waals surface area contributed by atoms with Crippen molar-refractivity contribution in [2.75, 3.05) is 7.05 Å². The summed E-state index contributed by atoms with van der Waals surface area (Å²) in [4.78, 5) is 29.8. The van der Waals surface area contributed by atoms with Crippen LogP contribution in [0.2, 0.25) is 0 Å². The lowest BCUT2D eigenvalue weighted by Crippen LogP contribution is -2.43. The zero-order valence-corrected chi connectivity index (χ0v) is 24.4. The van der Waals surface area contributed by atoms with Gasteiger partial charge in [0.15, 0.2) is 0 Å². The minimum atomic E-state index is -0.612. The number of carbonyl (C=O) groups excluding carboxylic acids is 2. The number of nitrogens with zero attached hydrogens (tertiary/aromatic N) is 2. The van der Waals surface area contributed by atoms with E-state index in [1.54, 1.807) is 16.8 Å². The van der Waals surface area contributed by atoms with Crippen LogP contribution < -0.4 is 0 Å². The predicted octanol–water partition coefficient (Wildman–Crippen LogP) is 7.63. The largest absolute Gasteiger partial charge is 0.444 e. The molecule has 6 nitrogen and oxygen atoms in total. The Balaban J connectivity index is 2.41. The molecule has 0 aliphatic carbocycles. The van der Waals surface area contributed by atoms with Crippen LogP contribution in [0.15, 0.2) is 72.8 Å². The summed E-state index contributed by atoms with van der Waals surface area (Å²) in [5.41, 5.74) is 0.928. The Morgan fingerprint density at radius 3 is 1.74 bits per heavy atom. The average molecular weight is 523 g/mol. The highest BCUT2D eigenvalue weighted by Gasteiger charge is 2.28. The predicted molar refractivity (Wildman–Crippen MR) is 154 cm³/mol. The van der Waals surface area contributed by atoms with Crippen molar-refractivity contribution < 1.29 is 19.1 Å². The molecule has 2 atom stereocenters. The second-order valence-electron chi connectivity index (χ2n) is 11.7. The van der Waals surface area contributed by atoms with Gasteiger partial charge in [-0.15, -0.1) is 0 Å². The Kier molecular flexibility index (Phi) is 11.4. The van der Waals surface area contributed by atoms with Crippen molar-refractivity contribution in [3.05, 3.63) is 83.9 Å². The molecule has 0 aromatic heterocycles. The molecule has 0 fully saturated rings. The van der Waals surface area contributed by atoms with E-state index in [2.05, 4.69) is 19.1 Å². The maximum atomic E-state index is 13.4. The zero-order valence-electron chi connectivity index (χ0n) is 24.4. The second kappa shape index (κ2) is 14.0. The van der Waals surface area contributed by atoms with Crippen molar-refractivity contribution in [3.63, 3.8) is 0 Å². The molecule has 38 heavy (non-hydrogen) atoms. The van der Waals surface area contributed by atoms with Crippen LogP contribution in [0.25, 0.3) is 0 Å². The van der Waals surface area contributed by atoms with Gasteiger partial charge in [0, 0.05) is 13.6 Å². The van der Waals surface area contributed by atoms with Gasteiger partial charge in [-0.3, -0.25) is 4.90 Å². The monoisotopic (exact) mass is 522 g/mol. The Morgan fingerprint density at radius 1 is 0.763 bits per heavy atom. The number of ether oxygens (including phenoxy) is 2. The SMILES string of the molecule is CCC[C@@H](/C=C\[C@@H](Cc1ccccc1)N(C)C(=O)OC(C)(C)C)N(Cc1ccccc1)C(=O)OC(C)(C)C. The molecule has 0 heterocycles. The van der Waals surface area contributed by atoms with Gasteiger partial charge in [-0.2, -0.15) is 0 Å². The summed E-state index contributed by atoms with van der Waals surface area (Å²) in [6.07, 6.45) is 5.60. The van der Waals surface area contributed by atoms with E-state index in [9.17, 15) is 9.59 Å². The topological polar surface area (TPSA) is 59.1 Å². The maximum Gasteiger partial charge on any atom is 0.411 e. The molecule has 6 heteroatoms. The third-order valence-electron chi connectivity index (χ3n) is 5.83. The van der Waals surface area contributed by atoms with Crippen LogP contribution in [0.5, 0.6) is 0 Å². The van der Waals surface area contributed by atoms with E-state index in [0.29, 0.717) is 13.0 Å². The average Bonchev–Trinajstić information content (AvgIpc) is 2.83. The van der Waals surface area contributed by atoms with Gasteiger partial charge < -0.3 is 14.4 Å². The molecule has 0 radical (unpaired) electrons. The number of hydrogen-bond donors (Lipinski definition) is 0. The second-order valence-corrected chi connectivity index (χ2v) is 11.7. The molecule has 2 rings (SSSR count). The molecule has 208 valence electrons. The standard InChI is InChI=1S/C32H46N2O4/c1-9-16-27(34(30(36)38-32(5,6)7)24-26-19-14-11-15-20-26)21-22-28(23-25-17-12-10-13-18-25)33(8)29(35)37-31(2,3)4/h10-15,17-22,27-28H,9,16,23-24H2,1-8H3/b22-21-/t27-,28-/m0/s1. The summed E-state index contributed by atoms with van der Waals surface area (Å²) in [5.74, 6) is 0. The fourth-order valence-corrected chi connectivity index (χ4v) is 3.99. The van der Waals surface area contributed by atoms with Gasteiger partial charge in [0.1, 0.15) is 11.2 Å². The Hall–Kier alpha value is -3.28. The van der Waals surface area contributed by atoms with Crippen LogP contribution in [-0.4, -0.2) is 52.3 Å². The van der Waals surface area contributed by atoms with E-state index in [0.717, 1.165) is 24.0 Å². The van der Waals surface area contributed by atoms with Gasteiger partial charge in [-0.05, 0) is 65.5 Å². The molecule has 0 saturated heterocycles. The Bertz CT molecular complexity index is 1020. The van der Waals surface area contributed by atoms with Crippen LogP contribution in [0.4, 0.5) is 9.59 Å². The highest BCUT2D eigenvalue weighted by molar-refractivity contribution is 5.69. The molecule has 0 aliphatic heterocycles. The first-order valence-corrected chi connectivity index (χ1v) is 13.5. The van der Waals surface area contributed by atoms with Crippen LogP contribution in [0.1, 0.15) is 72.4 Å². The lowest BCUT2D eigenvalue weighted by atomic mass is 10.0. The van der Waals surface area contributed by atoms with Crippen LogP contribution in [0.3, 0.4) is 0 Å². The summed E-state index contributed by atoms with van der Waals surface area (Å²) in [6, 6.07) is 19.5. The van der Waals surface area contributed by atoms with Crippen molar-refractivity contribution in [1.82, 2.24) is 9.80 Å². The van der Waals surface area contributed by atoms with E-state index >= 15 is 0 Å². The Morgan fingerprint density at radius 2 is 1.24 bits per heavy atom. The summed E-state index contributed by atoms with van der Waals surface area (Å²) < 4.78 is 11.5. The number of likely N-dealkylation sites (N-methyl/N-ethyl adjacent to an activating group) is 1. The van der Waals surface area contributed by atoms with Crippen molar-refractivity contribution >= 4 is 12.2 Å². The molecule has 2 aromatic carbocycles.